The van der Waals surface area contributed by atoms with E-state index in [0.29, 0.717) is 68.1 Å². The fourth-order valence-electron chi connectivity index (χ4n) is 11.9. The number of benzene rings is 5. The van der Waals surface area contributed by atoms with Gasteiger partial charge in [0.05, 0.1) is 75.2 Å². The molecule has 7 amide bonds. The number of nitrogens with one attached hydrogen (secondary N) is 4. The molecule has 4 N–H and O–H groups in total. The van der Waals surface area contributed by atoms with Crippen molar-refractivity contribution in [1.29, 1.82) is 0 Å². The Hall–Kier alpha value is -9.44. The van der Waals surface area contributed by atoms with Gasteiger partial charge in [-0.25, -0.2) is 14.4 Å². The van der Waals surface area contributed by atoms with Crippen LogP contribution in [0.15, 0.2) is 133 Å². The molecule has 0 spiro atoms. The molecule has 0 radical (unpaired) electrons. The highest BCUT2D eigenvalue weighted by Crippen LogP contribution is 2.47. The van der Waals surface area contributed by atoms with Gasteiger partial charge in [-0.1, -0.05) is 140 Å². The Labute approximate surface area is 620 Å². The van der Waals surface area contributed by atoms with E-state index in [9.17, 15) is 28.8 Å². The van der Waals surface area contributed by atoms with Gasteiger partial charge in [-0.15, -0.1) is 0 Å². The summed E-state index contributed by atoms with van der Waals surface area (Å²) in [5.74, 6) is -1.06. The van der Waals surface area contributed by atoms with Gasteiger partial charge in [-0.05, 0) is 136 Å². The first kappa shape index (κ1) is 81.2. The average Bonchev–Trinajstić information content (AvgIpc) is 1.75. The minimum Gasteiger partial charge on any atom is -0.493 e. The van der Waals surface area contributed by atoms with Crippen LogP contribution in [0.2, 0.25) is 36.3 Å². The number of alkyl carbamates (subject to hydrolysis) is 1. The lowest BCUT2D eigenvalue weighted by Gasteiger charge is -2.38. The summed E-state index contributed by atoms with van der Waals surface area (Å²) in [6.45, 7) is 35.1. The van der Waals surface area contributed by atoms with Crippen molar-refractivity contribution in [3.05, 3.63) is 161 Å². The summed E-state index contributed by atoms with van der Waals surface area (Å²) in [5, 5.41) is 10.6. The minimum atomic E-state index is -2.22. The third-order valence-electron chi connectivity index (χ3n) is 20.1. The van der Waals surface area contributed by atoms with Crippen molar-refractivity contribution < 1.29 is 75.6 Å². The molecule has 2 heterocycles. The van der Waals surface area contributed by atoms with E-state index < -0.39 is 70.8 Å². The number of amides is 7. The van der Waals surface area contributed by atoms with Crippen LogP contribution in [0.5, 0.6) is 23.0 Å². The molecule has 5 aromatic rings. The molecule has 8 rings (SSSR count). The van der Waals surface area contributed by atoms with Crippen molar-refractivity contribution in [3.63, 3.8) is 0 Å². The van der Waals surface area contributed by atoms with Crippen LogP contribution in [0, 0.1) is 5.92 Å². The van der Waals surface area contributed by atoms with Gasteiger partial charge in [-0.2, -0.15) is 0 Å². The number of carbonyl (C=O) groups is 7. The number of hydrogen-bond donors (Lipinski definition) is 4. The SMILES string of the molecule is C=CCOC(=O)N[C@H](C(=O)N[C@@H](C)C(=O)Nc1ccc(COC(=O)Nc2cc(OCCCCCOc3cc(N(C)C(=O)OC4c5ccccc5-c5ccccc54)c(C(=O)N4C=C(C)C[C@H]4CO[Si](C)(C)C(C)(C)C)cc3OC)c(OC)cc2C(=O)N2C=C(C)C[C@H]2CO[Si](C)(C)C(C)(C)C)cc1)C(C)C. The smallest absolute Gasteiger partial charge is 0.414 e. The molecule has 3 aliphatic rings. The molecule has 0 fully saturated rings. The highest BCUT2D eigenvalue weighted by molar-refractivity contribution is 6.74. The Morgan fingerprint density at radius 3 is 1.63 bits per heavy atom. The summed E-state index contributed by atoms with van der Waals surface area (Å²) in [6, 6.07) is 26.1. The van der Waals surface area contributed by atoms with Gasteiger partial charge in [0.2, 0.25) is 11.8 Å². The number of methoxy groups -OCH3 is 2. The molecule has 5 aromatic carbocycles. The van der Waals surface area contributed by atoms with Crippen LogP contribution in [0.4, 0.5) is 31.4 Å². The van der Waals surface area contributed by atoms with Gasteiger partial charge < -0.3 is 67.8 Å². The van der Waals surface area contributed by atoms with E-state index in [0.717, 1.165) is 33.4 Å². The van der Waals surface area contributed by atoms with Crippen LogP contribution in [-0.4, -0.2) is 147 Å². The second-order valence-electron chi connectivity index (χ2n) is 30.4. The number of anilines is 3. The number of hydrogen-bond acceptors (Lipinski definition) is 16. The number of unbranched alkanes of at least 4 members (excludes halogenated alkanes) is 2. The maximum Gasteiger partial charge on any atom is 0.414 e. The Morgan fingerprint density at radius 1 is 0.619 bits per heavy atom. The molecule has 4 atom stereocenters. The van der Waals surface area contributed by atoms with Crippen LogP contribution < -0.4 is 45.1 Å². The highest BCUT2D eigenvalue weighted by Gasteiger charge is 2.43. The first-order chi connectivity index (χ1) is 49.6. The third kappa shape index (κ3) is 20.3. The van der Waals surface area contributed by atoms with Gasteiger partial charge in [0, 0.05) is 48.4 Å². The van der Waals surface area contributed by atoms with E-state index in [2.05, 4.69) is 95.6 Å². The molecular weight excluding hydrogens is 1370 g/mol. The molecule has 105 heavy (non-hydrogen) atoms. The number of ether oxygens (including phenoxy) is 7. The van der Waals surface area contributed by atoms with Crippen LogP contribution in [0.25, 0.3) is 11.1 Å². The Bertz CT molecular complexity index is 4000. The van der Waals surface area contributed by atoms with Crippen LogP contribution in [0.1, 0.15) is 152 Å². The normalized spacial score (nSPS) is 15.6. The van der Waals surface area contributed by atoms with Crippen molar-refractivity contribution in [1.82, 2.24) is 20.4 Å². The van der Waals surface area contributed by atoms with Gasteiger partial charge in [0.15, 0.2) is 45.7 Å². The van der Waals surface area contributed by atoms with Crippen molar-refractivity contribution in [2.24, 2.45) is 5.92 Å². The second-order valence-corrected chi connectivity index (χ2v) is 40.0. The zero-order valence-corrected chi connectivity index (χ0v) is 66.3. The number of carbonyl (C=O) groups excluding carboxylic acids is 7. The maximum absolute atomic E-state index is 15.2. The van der Waals surface area contributed by atoms with Gasteiger partial charge >= 0.3 is 18.3 Å². The van der Waals surface area contributed by atoms with Crippen molar-refractivity contribution in [2.45, 2.75) is 181 Å². The van der Waals surface area contributed by atoms with E-state index in [4.69, 9.17) is 42.0 Å². The molecule has 0 aromatic heterocycles. The average molecular weight is 1480 g/mol. The molecule has 1 aliphatic carbocycles. The lowest BCUT2D eigenvalue weighted by atomic mass is 10.0. The molecule has 0 saturated carbocycles. The fourth-order valence-corrected chi connectivity index (χ4v) is 13.9. The number of rotatable bonds is 31. The maximum atomic E-state index is 15.2. The topological polar surface area (TPSA) is 260 Å². The predicted octanol–water partition coefficient (Wildman–Crippen LogP) is 16.1. The van der Waals surface area contributed by atoms with Gasteiger partial charge in [0.1, 0.15) is 25.3 Å². The number of fused-ring (bicyclic) bond motifs is 3. The first-order valence-corrected chi connectivity index (χ1v) is 41.7. The third-order valence-corrected chi connectivity index (χ3v) is 29.1. The lowest BCUT2D eigenvalue weighted by molar-refractivity contribution is -0.128. The zero-order valence-electron chi connectivity index (χ0n) is 64.3. The Morgan fingerprint density at radius 2 is 1.12 bits per heavy atom. The highest BCUT2D eigenvalue weighted by atomic mass is 28.4. The fraction of sp³-hybridized carbons (Fsp3) is 0.463. The van der Waals surface area contributed by atoms with Crippen LogP contribution in [-0.2, 0) is 39.3 Å². The molecule has 0 bridgehead atoms. The summed E-state index contributed by atoms with van der Waals surface area (Å²) >= 11 is 0. The Kier molecular flexibility index (Phi) is 27.2. The molecule has 0 saturated heterocycles. The largest absolute Gasteiger partial charge is 0.493 e. The van der Waals surface area contributed by atoms with E-state index in [1.165, 1.54) is 32.1 Å². The molecule has 566 valence electrons. The predicted molar refractivity (Wildman–Crippen MR) is 412 cm³/mol. The molecule has 23 nitrogen and oxygen atoms in total. The summed E-state index contributed by atoms with van der Waals surface area (Å²) in [4.78, 5) is 102. The summed E-state index contributed by atoms with van der Waals surface area (Å²) in [6.07, 6.45) is 4.96. The second kappa shape index (κ2) is 35.1. The summed E-state index contributed by atoms with van der Waals surface area (Å²) < 4.78 is 55.2. The number of nitrogens with zero attached hydrogens (tertiary/aromatic N) is 3. The Balaban J connectivity index is 0.960. The quantitative estimate of drug-likeness (QED) is 0.0139. The van der Waals surface area contributed by atoms with Gasteiger partial charge in [0.25, 0.3) is 11.8 Å². The lowest BCUT2D eigenvalue weighted by Crippen LogP contribution is -2.53. The van der Waals surface area contributed by atoms with Crippen molar-refractivity contribution in [2.75, 3.05) is 69.8 Å². The van der Waals surface area contributed by atoms with Gasteiger partial charge in [-0.3, -0.25) is 29.4 Å². The van der Waals surface area contributed by atoms with Crippen molar-refractivity contribution >= 4 is 75.6 Å². The molecular formula is C80H107N7O16Si2. The van der Waals surface area contributed by atoms with Crippen LogP contribution in [0.3, 0.4) is 0 Å². The van der Waals surface area contributed by atoms with E-state index in [-0.39, 0.29) is 94.4 Å². The van der Waals surface area contributed by atoms with Crippen molar-refractivity contribution in [3.8, 4) is 34.1 Å². The minimum absolute atomic E-state index is 0.0353. The van der Waals surface area contributed by atoms with E-state index in [1.807, 2.05) is 74.8 Å². The van der Waals surface area contributed by atoms with E-state index in [1.54, 1.807) is 79.2 Å². The monoisotopic (exact) mass is 1480 g/mol. The first-order valence-electron chi connectivity index (χ1n) is 35.8. The molecule has 2 aliphatic heterocycles. The standard InChI is InChI=1S/C80H107N7O16Si2/c1-20-36-99-77(93)84-70(50(2)3)73(89)81-53(6)72(88)82-55-34-32-54(33-35-55)47-100-76(92)83-64-43-68(66(95-14)41-62(64)74(90)86-45-51(4)39-56(86)48-101-104(16,17)79(7,8)9)97-37-26-21-27-38-98-69-44-65(85(13)78(94)103-71-60-30-24-22-28-58(60)59-29-23-25-31-61(59)71)63(42-67(69)96-15)75(91)87-46-52(5)40-57(87)49-102-105(18,19)80(10,11)12/h20,22-25,28-35,41-46,50,53,56-57,70-71H,1,21,26-27,36-40,47-49H2,2-19H3,(H,81,89)(H,82,88)(H,83,92)(H,84,93)/t53-,56-,57-,70-/m0/s1. The zero-order chi connectivity index (χ0) is 76.9. The molecule has 0 unspecified atom stereocenters. The summed E-state index contributed by atoms with van der Waals surface area (Å²) in [5.41, 5.74) is 7.33. The summed E-state index contributed by atoms with van der Waals surface area (Å²) in [7, 11) is 0.135. The molecule has 25 heteroatoms. The van der Waals surface area contributed by atoms with Crippen LogP contribution >= 0.6 is 0 Å². The van der Waals surface area contributed by atoms with E-state index >= 15 is 4.79 Å².